The summed E-state index contributed by atoms with van der Waals surface area (Å²) in [7, 11) is 0. The maximum Gasteiger partial charge on any atom is -0.0143 e. The Bertz CT molecular complexity index is 556. The minimum atomic E-state index is 0.609. The van der Waals surface area contributed by atoms with E-state index in [1.165, 1.54) is 77.0 Å². The van der Waals surface area contributed by atoms with Gasteiger partial charge in [0.25, 0.3) is 0 Å². The molecule has 0 nitrogen and oxygen atoms in total. The summed E-state index contributed by atoms with van der Waals surface area (Å²) >= 11 is 0. The van der Waals surface area contributed by atoms with E-state index in [0.717, 1.165) is 35.5 Å². The first-order valence-corrected chi connectivity index (χ1v) is 12.6. The van der Waals surface area contributed by atoms with Gasteiger partial charge in [-0.05, 0) is 91.3 Å². The molecule has 0 bridgehead atoms. The predicted molar refractivity (Wildman–Crippen MR) is 118 cm³/mol. The second-order valence-electron chi connectivity index (χ2n) is 12.0. The SMILES string of the molecule is CC(C)CCC[C@@H](C)[C@H]1CC[C@H]2C3=CCC4CCCC[C@]4(C)[C@H]3CC[C@]12C. The zero-order valence-electron chi connectivity index (χ0n) is 19.0. The molecular weight excluding hydrogens is 324 g/mol. The van der Waals surface area contributed by atoms with Crippen molar-refractivity contribution in [2.24, 2.45) is 46.3 Å². The molecule has 27 heavy (non-hydrogen) atoms. The average Bonchev–Trinajstić information content (AvgIpc) is 2.98. The van der Waals surface area contributed by atoms with Gasteiger partial charge in [-0.25, -0.2) is 0 Å². The summed E-state index contributed by atoms with van der Waals surface area (Å²) in [5.74, 6) is 5.64. The summed E-state index contributed by atoms with van der Waals surface area (Å²) < 4.78 is 0. The maximum absolute atomic E-state index is 2.79. The number of hydrogen-bond donors (Lipinski definition) is 0. The number of allylic oxidation sites excluding steroid dienone is 2. The molecule has 0 aromatic heterocycles. The summed E-state index contributed by atoms with van der Waals surface area (Å²) in [6, 6.07) is 0. The van der Waals surface area contributed by atoms with Gasteiger partial charge in [-0.1, -0.05) is 78.4 Å². The largest absolute Gasteiger partial charge is 0.0844 e. The quantitative estimate of drug-likeness (QED) is 0.426. The predicted octanol–water partition coefficient (Wildman–Crippen LogP) is 8.42. The van der Waals surface area contributed by atoms with Crippen molar-refractivity contribution < 1.29 is 0 Å². The van der Waals surface area contributed by atoms with Gasteiger partial charge >= 0.3 is 0 Å². The highest BCUT2D eigenvalue weighted by atomic mass is 14.6. The fourth-order valence-corrected chi connectivity index (χ4v) is 8.57. The average molecular weight is 371 g/mol. The molecule has 4 aliphatic rings. The van der Waals surface area contributed by atoms with Gasteiger partial charge in [0, 0.05) is 0 Å². The summed E-state index contributed by atoms with van der Waals surface area (Å²) in [4.78, 5) is 0. The third-order valence-electron chi connectivity index (χ3n) is 10.2. The van der Waals surface area contributed by atoms with E-state index in [2.05, 4.69) is 40.7 Å². The Morgan fingerprint density at radius 3 is 2.44 bits per heavy atom. The van der Waals surface area contributed by atoms with Crippen LogP contribution in [-0.2, 0) is 0 Å². The van der Waals surface area contributed by atoms with Crippen LogP contribution in [0.15, 0.2) is 11.6 Å². The first-order valence-electron chi connectivity index (χ1n) is 12.6. The molecule has 0 saturated heterocycles. The molecule has 154 valence electrons. The Morgan fingerprint density at radius 1 is 0.889 bits per heavy atom. The first kappa shape index (κ1) is 20.0. The molecule has 4 aliphatic carbocycles. The highest BCUT2D eigenvalue weighted by Gasteiger charge is 2.57. The van der Waals surface area contributed by atoms with Gasteiger partial charge in [0.15, 0.2) is 0 Å². The number of fused-ring (bicyclic) bond motifs is 5. The highest BCUT2D eigenvalue weighted by Crippen LogP contribution is 2.66. The Morgan fingerprint density at radius 2 is 1.67 bits per heavy atom. The van der Waals surface area contributed by atoms with Crippen LogP contribution in [0, 0.1) is 46.3 Å². The lowest BCUT2D eigenvalue weighted by Crippen LogP contribution is -2.48. The van der Waals surface area contributed by atoms with E-state index in [1.807, 2.05) is 5.57 Å². The monoisotopic (exact) mass is 370 g/mol. The van der Waals surface area contributed by atoms with Crippen molar-refractivity contribution in [3.05, 3.63) is 11.6 Å². The van der Waals surface area contributed by atoms with Crippen LogP contribution in [0.3, 0.4) is 0 Å². The minimum absolute atomic E-state index is 0.609. The summed E-state index contributed by atoms with van der Waals surface area (Å²) in [6.45, 7) is 12.8. The van der Waals surface area contributed by atoms with E-state index in [4.69, 9.17) is 0 Å². The molecule has 0 aromatic rings. The maximum atomic E-state index is 2.79. The Labute approximate surface area is 170 Å². The van der Waals surface area contributed by atoms with Crippen molar-refractivity contribution in [2.75, 3.05) is 0 Å². The van der Waals surface area contributed by atoms with Gasteiger partial charge in [0.1, 0.15) is 0 Å². The van der Waals surface area contributed by atoms with E-state index in [1.54, 1.807) is 0 Å². The second kappa shape index (κ2) is 7.53. The fraction of sp³-hybridized carbons (Fsp3) is 0.926. The summed E-state index contributed by atoms with van der Waals surface area (Å²) in [5, 5.41) is 0. The summed E-state index contributed by atoms with van der Waals surface area (Å²) in [5.41, 5.74) is 3.21. The van der Waals surface area contributed by atoms with Crippen molar-refractivity contribution in [3.8, 4) is 0 Å². The molecule has 0 amide bonds. The van der Waals surface area contributed by atoms with Gasteiger partial charge < -0.3 is 0 Å². The van der Waals surface area contributed by atoms with Gasteiger partial charge in [-0.2, -0.15) is 0 Å². The van der Waals surface area contributed by atoms with Crippen LogP contribution in [0.5, 0.6) is 0 Å². The van der Waals surface area contributed by atoms with E-state index >= 15 is 0 Å². The molecule has 0 heterocycles. The molecule has 4 rings (SSSR count). The Balaban J connectivity index is 1.50. The second-order valence-corrected chi connectivity index (χ2v) is 12.0. The van der Waals surface area contributed by atoms with Crippen LogP contribution >= 0.6 is 0 Å². The molecule has 3 fully saturated rings. The van der Waals surface area contributed by atoms with Gasteiger partial charge in [-0.3, -0.25) is 0 Å². The molecule has 0 radical (unpaired) electrons. The zero-order chi connectivity index (χ0) is 19.2. The van der Waals surface area contributed by atoms with Crippen molar-refractivity contribution in [1.29, 1.82) is 0 Å². The molecule has 0 heteroatoms. The molecule has 0 N–H and O–H groups in total. The van der Waals surface area contributed by atoms with Gasteiger partial charge in [-0.15, -0.1) is 0 Å². The molecule has 0 aromatic carbocycles. The topological polar surface area (TPSA) is 0 Å². The molecule has 0 aliphatic heterocycles. The van der Waals surface area contributed by atoms with Gasteiger partial charge in [0.05, 0.1) is 0 Å². The van der Waals surface area contributed by atoms with E-state index < -0.39 is 0 Å². The van der Waals surface area contributed by atoms with Crippen LogP contribution < -0.4 is 0 Å². The zero-order valence-corrected chi connectivity index (χ0v) is 19.0. The van der Waals surface area contributed by atoms with Crippen molar-refractivity contribution in [3.63, 3.8) is 0 Å². The highest BCUT2D eigenvalue weighted by molar-refractivity contribution is 5.27. The third kappa shape index (κ3) is 3.36. The molecular formula is C27H46. The minimum Gasteiger partial charge on any atom is -0.0844 e. The van der Waals surface area contributed by atoms with E-state index in [-0.39, 0.29) is 0 Å². The molecule has 1 unspecified atom stereocenters. The smallest absolute Gasteiger partial charge is 0.0143 e. The van der Waals surface area contributed by atoms with Gasteiger partial charge in [0.2, 0.25) is 0 Å². The van der Waals surface area contributed by atoms with Crippen molar-refractivity contribution >= 4 is 0 Å². The van der Waals surface area contributed by atoms with E-state index in [9.17, 15) is 0 Å². The normalized spacial score (nSPS) is 45.0. The standard InChI is InChI=1S/C27H46/c1-19(2)9-8-10-20(3)23-14-15-24-22-13-12-21-11-6-7-17-26(21,4)25(22)16-18-27(23,24)5/h13,19-21,23-25H,6-12,14-18H2,1-5H3/t20-,21?,23-,24+,25+,26+,27-/m1/s1. The number of rotatable bonds is 5. The summed E-state index contributed by atoms with van der Waals surface area (Å²) in [6.07, 6.45) is 20.6. The van der Waals surface area contributed by atoms with Crippen LogP contribution in [0.1, 0.15) is 112 Å². The van der Waals surface area contributed by atoms with Crippen LogP contribution in [0.2, 0.25) is 0 Å². The fourth-order valence-electron chi connectivity index (χ4n) is 8.57. The molecule has 3 saturated carbocycles. The van der Waals surface area contributed by atoms with E-state index in [0.29, 0.717) is 10.8 Å². The van der Waals surface area contributed by atoms with Crippen molar-refractivity contribution in [1.82, 2.24) is 0 Å². The lowest BCUT2D eigenvalue weighted by molar-refractivity contribution is -0.00801. The third-order valence-corrected chi connectivity index (χ3v) is 10.2. The van der Waals surface area contributed by atoms with Crippen molar-refractivity contribution in [2.45, 2.75) is 112 Å². The lowest BCUT2D eigenvalue weighted by Gasteiger charge is -2.57. The van der Waals surface area contributed by atoms with Crippen LogP contribution in [0.25, 0.3) is 0 Å². The lowest BCUT2D eigenvalue weighted by atomic mass is 9.48. The van der Waals surface area contributed by atoms with Crippen LogP contribution in [0.4, 0.5) is 0 Å². The molecule has 7 atom stereocenters. The number of hydrogen-bond acceptors (Lipinski definition) is 0. The van der Waals surface area contributed by atoms with Crippen LogP contribution in [-0.4, -0.2) is 0 Å². The Hall–Kier alpha value is -0.260. The Kier molecular flexibility index (Phi) is 5.59. The first-order chi connectivity index (χ1) is 12.9. The molecule has 0 spiro atoms.